The number of hydrogen-bond donors (Lipinski definition) is 1. The molecule has 0 saturated heterocycles. The summed E-state index contributed by atoms with van der Waals surface area (Å²) >= 11 is 7.49. The number of imidazole rings is 1. The maximum atomic E-state index is 5.92. The van der Waals surface area contributed by atoms with E-state index in [2.05, 4.69) is 33.1 Å². The molecule has 4 rings (SSSR count). The highest BCUT2D eigenvalue weighted by atomic mass is 35.5. The van der Waals surface area contributed by atoms with Crippen molar-refractivity contribution in [2.45, 2.75) is 13.8 Å². The smallest absolute Gasteiger partial charge is 0.187 e. The zero-order valence-electron chi connectivity index (χ0n) is 13.2. The van der Waals surface area contributed by atoms with Crippen LogP contribution >= 0.6 is 22.9 Å². The normalized spacial score (nSPS) is 11.1. The average Bonchev–Trinajstić information content (AvgIpc) is 3.14. The molecule has 1 N–H and O–H groups in total. The van der Waals surface area contributed by atoms with E-state index in [1.807, 2.05) is 43.5 Å². The molecule has 0 spiro atoms. The Balaban J connectivity index is 1.71. The number of pyridine rings is 1. The summed E-state index contributed by atoms with van der Waals surface area (Å²) in [6, 6.07) is 11.7. The molecule has 4 nitrogen and oxygen atoms in total. The molecule has 6 heteroatoms. The molecule has 0 bridgehead atoms. The van der Waals surface area contributed by atoms with Crippen molar-refractivity contribution >= 4 is 39.4 Å². The van der Waals surface area contributed by atoms with Crippen LogP contribution in [0.2, 0.25) is 5.02 Å². The summed E-state index contributed by atoms with van der Waals surface area (Å²) in [6.07, 6.45) is 2.03. The predicted molar refractivity (Wildman–Crippen MR) is 101 cm³/mol. The van der Waals surface area contributed by atoms with E-state index in [-0.39, 0.29) is 0 Å². The number of thiazole rings is 1. The van der Waals surface area contributed by atoms with Crippen LogP contribution in [0.5, 0.6) is 0 Å². The zero-order chi connectivity index (χ0) is 16.7. The lowest BCUT2D eigenvalue weighted by Crippen LogP contribution is -1.92. The first-order valence-corrected chi connectivity index (χ1v) is 8.80. The van der Waals surface area contributed by atoms with Gasteiger partial charge in [0.2, 0.25) is 0 Å². The number of nitrogens with zero attached hydrogens (tertiary/aromatic N) is 3. The third-order valence-corrected chi connectivity index (χ3v) is 4.87. The van der Waals surface area contributed by atoms with Gasteiger partial charge in [0.25, 0.3) is 0 Å². The molecule has 0 fully saturated rings. The first kappa shape index (κ1) is 15.2. The Morgan fingerprint density at radius 1 is 1.08 bits per heavy atom. The maximum Gasteiger partial charge on any atom is 0.187 e. The highest BCUT2D eigenvalue weighted by molar-refractivity contribution is 7.14. The Labute approximate surface area is 148 Å². The Bertz CT molecular complexity index is 1020. The van der Waals surface area contributed by atoms with Crippen molar-refractivity contribution in [1.29, 1.82) is 0 Å². The standard InChI is InChI=1S/C18H15ClN4S/c1-11-4-3-9-23-16(12(2)20-17(11)23)15-10-24-18(22-15)21-14-7-5-13(19)6-8-14/h3-10H,1-2H3,(H,21,22). The number of hydrogen-bond acceptors (Lipinski definition) is 4. The fourth-order valence-corrected chi connectivity index (χ4v) is 3.56. The average molecular weight is 355 g/mol. The molecule has 0 amide bonds. The lowest BCUT2D eigenvalue weighted by molar-refractivity contribution is 1.15. The van der Waals surface area contributed by atoms with Gasteiger partial charge in [-0.3, -0.25) is 4.40 Å². The van der Waals surface area contributed by atoms with E-state index in [9.17, 15) is 0 Å². The van der Waals surface area contributed by atoms with Crippen molar-refractivity contribution in [2.75, 3.05) is 5.32 Å². The summed E-state index contributed by atoms with van der Waals surface area (Å²) in [6.45, 7) is 4.09. The second-order valence-corrected chi connectivity index (χ2v) is 6.89. The van der Waals surface area contributed by atoms with Crippen molar-refractivity contribution < 1.29 is 0 Å². The molecule has 0 aliphatic carbocycles. The Kier molecular flexibility index (Phi) is 3.75. The zero-order valence-corrected chi connectivity index (χ0v) is 14.8. The van der Waals surface area contributed by atoms with E-state index < -0.39 is 0 Å². The summed E-state index contributed by atoms with van der Waals surface area (Å²) in [5, 5.41) is 6.93. The highest BCUT2D eigenvalue weighted by Gasteiger charge is 2.15. The van der Waals surface area contributed by atoms with Crippen LogP contribution in [0, 0.1) is 13.8 Å². The van der Waals surface area contributed by atoms with Crippen LogP contribution in [0.4, 0.5) is 10.8 Å². The second kappa shape index (κ2) is 5.92. The van der Waals surface area contributed by atoms with Gasteiger partial charge in [-0.15, -0.1) is 11.3 Å². The molecule has 0 saturated carbocycles. The Hall–Kier alpha value is -2.37. The number of aromatic nitrogens is 3. The number of nitrogens with one attached hydrogen (secondary N) is 1. The van der Waals surface area contributed by atoms with Gasteiger partial charge in [-0.2, -0.15) is 0 Å². The number of aryl methyl sites for hydroxylation is 2. The van der Waals surface area contributed by atoms with Gasteiger partial charge in [0.05, 0.1) is 11.4 Å². The molecule has 3 aromatic heterocycles. The van der Waals surface area contributed by atoms with Gasteiger partial charge in [0.1, 0.15) is 11.3 Å². The van der Waals surface area contributed by atoms with Crippen LogP contribution in [0.25, 0.3) is 17.0 Å². The van der Waals surface area contributed by atoms with Gasteiger partial charge < -0.3 is 5.32 Å². The molecule has 0 radical (unpaired) electrons. The number of rotatable bonds is 3. The molecule has 120 valence electrons. The molecule has 0 unspecified atom stereocenters. The Morgan fingerprint density at radius 3 is 2.67 bits per heavy atom. The fraction of sp³-hybridized carbons (Fsp3) is 0.111. The first-order chi connectivity index (χ1) is 11.6. The van der Waals surface area contributed by atoms with Crippen LogP contribution in [-0.2, 0) is 0 Å². The largest absolute Gasteiger partial charge is 0.332 e. The van der Waals surface area contributed by atoms with Gasteiger partial charge in [0, 0.05) is 22.3 Å². The molecule has 4 aromatic rings. The first-order valence-electron chi connectivity index (χ1n) is 7.54. The van der Waals surface area contributed by atoms with Crippen molar-refractivity contribution in [3.05, 3.63) is 64.3 Å². The van der Waals surface area contributed by atoms with Crippen molar-refractivity contribution in [1.82, 2.24) is 14.4 Å². The van der Waals surface area contributed by atoms with Crippen LogP contribution in [0.3, 0.4) is 0 Å². The quantitative estimate of drug-likeness (QED) is 0.530. The third-order valence-electron chi connectivity index (χ3n) is 3.86. The SMILES string of the molecule is Cc1nc2c(C)cccn2c1-c1csc(Nc2ccc(Cl)cc2)n1. The molecule has 3 heterocycles. The van der Waals surface area contributed by atoms with Gasteiger partial charge >= 0.3 is 0 Å². The van der Waals surface area contributed by atoms with Crippen LogP contribution in [0.1, 0.15) is 11.3 Å². The molecule has 0 aliphatic rings. The predicted octanol–water partition coefficient (Wildman–Crippen LogP) is 5.47. The highest BCUT2D eigenvalue weighted by Crippen LogP contribution is 2.30. The lowest BCUT2D eigenvalue weighted by atomic mass is 10.3. The fourth-order valence-electron chi connectivity index (χ4n) is 2.72. The number of fused-ring (bicyclic) bond motifs is 1. The van der Waals surface area contributed by atoms with Gasteiger partial charge in [-0.25, -0.2) is 9.97 Å². The van der Waals surface area contributed by atoms with E-state index in [1.165, 1.54) is 0 Å². The van der Waals surface area contributed by atoms with Crippen LogP contribution in [0.15, 0.2) is 48.0 Å². The maximum absolute atomic E-state index is 5.92. The van der Waals surface area contributed by atoms with Crippen molar-refractivity contribution in [3.63, 3.8) is 0 Å². The van der Waals surface area contributed by atoms with Gasteiger partial charge in [-0.1, -0.05) is 17.7 Å². The topological polar surface area (TPSA) is 42.2 Å². The molecule has 24 heavy (non-hydrogen) atoms. The van der Waals surface area contributed by atoms with Crippen LogP contribution in [-0.4, -0.2) is 14.4 Å². The van der Waals surface area contributed by atoms with Crippen molar-refractivity contribution in [3.8, 4) is 11.4 Å². The number of anilines is 2. The molecule has 0 aliphatic heterocycles. The number of benzene rings is 1. The molecule has 0 atom stereocenters. The summed E-state index contributed by atoms with van der Waals surface area (Å²) in [7, 11) is 0. The third kappa shape index (κ3) is 2.66. The van der Waals surface area contributed by atoms with E-state index in [0.29, 0.717) is 0 Å². The van der Waals surface area contributed by atoms with E-state index in [4.69, 9.17) is 16.6 Å². The summed E-state index contributed by atoms with van der Waals surface area (Å²) in [4.78, 5) is 9.41. The minimum atomic E-state index is 0.720. The van der Waals surface area contributed by atoms with E-state index in [1.54, 1.807) is 11.3 Å². The molecular formula is C18H15ClN4S. The summed E-state index contributed by atoms with van der Waals surface area (Å²) < 4.78 is 2.10. The number of halogens is 1. The molecule has 1 aromatic carbocycles. The minimum absolute atomic E-state index is 0.720. The van der Waals surface area contributed by atoms with Crippen LogP contribution < -0.4 is 5.32 Å². The second-order valence-electron chi connectivity index (χ2n) is 5.60. The van der Waals surface area contributed by atoms with Gasteiger partial charge in [0.15, 0.2) is 5.13 Å². The summed E-state index contributed by atoms with van der Waals surface area (Å²) in [5.41, 5.74) is 6.03. The van der Waals surface area contributed by atoms with E-state index in [0.717, 1.165) is 44.1 Å². The molecular weight excluding hydrogens is 340 g/mol. The van der Waals surface area contributed by atoms with Crippen molar-refractivity contribution in [2.24, 2.45) is 0 Å². The Morgan fingerprint density at radius 2 is 1.88 bits per heavy atom. The summed E-state index contributed by atoms with van der Waals surface area (Å²) in [5.74, 6) is 0. The monoisotopic (exact) mass is 354 g/mol. The van der Waals surface area contributed by atoms with Gasteiger partial charge in [-0.05, 0) is 49.7 Å². The van der Waals surface area contributed by atoms with E-state index >= 15 is 0 Å². The lowest BCUT2D eigenvalue weighted by Gasteiger charge is -2.03. The minimum Gasteiger partial charge on any atom is -0.332 e.